The zero-order chi connectivity index (χ0) is 17.2. The summed E-state index contributed by atoms with van der Waals surface area (Å²) in [5, 5.41) is 3.15. The molecular weight excluding hydrogens is 310 g/mol. The lowest BCUT2D eigenvalue weighted by Gasteiger charge is -2.54. The molecule has 3 aliphatic rings. The van der Waals surface area contributed by atoms with Crippen molar-refractivity contribution in [3.05, 3.63) is 0 Å². The lowest BCUT2D eigenvalue weighted by Crippen LogP contribution is -2.73. The largest absolute Gasteiger partial charge is 0.372 e. The summed E-state index contributed by atoms with van der Waals surface area (Å²) < 4.78 is 11.2. The van der Waals surface area contributed by atoms with Crippen molar-refractivity contribution in [3.63, 3.8) is 0 Å². The van der Waals surface area contributed by atoms with Crippen LogP contribution in [0.4, 0.5) is 0 Å². The van der Waals surface area contributed by atoms with Crippen LogP contribution in [0.25, 0.3) is 0 Å². The molecule has 3 rings (SSSR count). The minimum Gasteiger partial charge on any atom is -0.372 e. The monoisotopic (exact) mass is 339 g/mol. The molecule has 136 valence electrons. The molecule has 0 bridgehead atoms. The summed E-state index contributed by atoms with van der Waals surface area (Å²) in [4.78, 5) is 28.2. The van der Waals surface area contributed by atoms with E-state index in [0.29, 0.717) is 38.9 Å². The SMILES string of the molecule is CCOCC(=O)N1CC2(C1)CN(C)[C@H](C(=O)NC1CCCC1)CO2. The number of amides is 2. The predicted octanol–water partition coefficient (Wildman–Crippen LogP) is -0.00670. The minimum absolute atomic E-state index is 0.00910. The van der Waals surface area contributed by atoms with Crippen molar-refractivity contribution in [2.45, 2.75) is 50.3 Å². The quantitative estimate of drug-likeness (QED) is 0.763. The third-order valence-corrected chi connectivity index (χ3v) is 5.36. The van der Waals surface area contributed by atoms with Gasteiger partial charge in [0.15, 0.2) is 0 Å². The molecule has 0 aromatic carbocycles. The molecule has 3 fully saturated rings. The van der Waals surface area contributed by atoms with Gasteiger partial charge in [-0.1, -0.05) is 12.8 Å². The van der Waals surface area contributed by atoms with Crippen LogP contribution in [0.3, 0.4) is 0 Å². The van der Waals surface area contributed by atoms with Crippen LogP contribution < -0.4 is 5.32 Å². The van der Waals surface area contributed by atoms with E-state index in [1.807, 2.05) is 14.0 Å². The van der Waals surface area contributed by atoms with Gasteiger partial charge in [-0.05, 0) is 26.8 Å². The normalized spacial score (nSPS) is 27.2. The maximum Gasteiger partial charge on any atom is 0.248 e. The van der Waals surface area contributed by atoms with Crippen molar-refractivity contribution in [2.24, 2.45) is 0 Å². The van der Waals surface area contributed by atoms with E-state index in [9.17, 15) is 9.59 Å². The highest BCUT2D eigenvalue weighted by Gasteiger charge is 2.51. The molecule has 7 nitrogen and oxygen atoms in total. The van der Waals surface area contributed by atoms with Gasteiger partial charge >= 0.3 is 0 Å². The third kappa shape index (κ3) is 3.73. The summed E-state index contributed by atoms with van der Waals surface area (Å²) in [6, 6.07) is 0.0987. The fraction of sp³-hybridized carbons (Fsp3) is 0.882. The number of hydrogen-bond acceptors (Lipinski definition) is 5. The number of likely N-dealkylation sites (tertiary alicyclic amines) is 1. The molecule has 1 N–H and O–H groups in total. The standard InChI is InChI=1S/C17H29N3O4/c1-3-23-9-15(21)20-11-17(12-20)10-19(2)14(8-24-17)16(22)18-13-6-4-5-7-13/h13-14H,3-12H2,1-2H3,(H,18,22)/t14-/m0/s1. The average molecular weight is 339 g/mol. The molecule has 0 aromatic heterocycles. The maximum atomic E-state index is 12.5. The van der Waals surface area contributed by atoms with Crippen molar-refractivity contribution >= 4 is 11.8 Å². The first-order valence-corrected chi connectivity index (χ1v) is 9.03. The minimum atomic E-state index is -0.319. The van der Waals surface area contributed by atoms with Crippen LogP contribution in [0.1, 0.15) is 32.6 Å². The maximum absolute atomic E-state index is 12.5. The molecule has 2 aliphatic heterocycles. The molecule has 24 heavy (non-hydrogen) atoms. The van der Waals surface area contributed by atoms with Crippen LogP contribution in [0.15, 0.2) is 0 Å². The highest BCUT2D eigenvalue weighted by Crippen LogP contribution is 2.30. The molecule has 1 aliphatic carbocycles. The number of rotatable bonds is 5. The Morgan fingerprint density at radius 3 is 2.58 bits per heavy atom. The molecule has 2 saturated heterocycles. The summed E-state index contributed by atoms with van der Waals surface area (Å²) in [6.45, 7) is 4.79. The van der Waals surface area contributed by atoms with E-state index in [1.54, 1.807) is 4.90 Å². The summed E-state index contributed by atoms with van der Waals surface area (Å²) in [5.41, 5.74) is -0.319. The number of hydrogen-bond donors (Lipinski definition) is 1. The second-order valence-electron chi connectivity index (χ2n) is 7.30. The van der Waals surface area contributed by atoms with Crippen molar-refractivity contribution < 1.29 is 19.1 Å². The highest BCUT2D eigenvalue weighted by molar-refractivity contribution is 5.82. The second-order valence-corrected chi connectivity index (χ2v) is 7.30. The molecule has 1 saturated carbocycles. The Morgan fingerprint density at radius 1 is 1.25 bits per heavy atom. The van der Waals surface area contributed by atoms with Crippen LogP contribution in [0, 0.1) is 0 Å². The predicted molar refractivity (Wildman–Crippen MR) is 88.6 cm³/mol. The van der Waals surface area contributed by atoms with Gasteiger partial charge < -0.3 is 19.7 Å². The van der Waals surface area contributed by atoms with E-state index in [0.717, 1.165) is 12.8 Å². The van der Waals surface area contributed by atoms with Gasteiger partial charge in [0.05, 0.1) is 19.7 Å². The number of carbonyl (C=O) groups is 2. The fourth-order valence-electron chi connectivity index (χ4n) is 3.93. The first kappa shape index (κ1) is 17.6. The Kier molecular flexibility index (Phi) is 5.42. The van der Waals surface area contributed by atoms with Crippen molar-refractivity contribution in [2.75, 3.05) is 46.5 Å². The number of carbonyl (C=O) groups excluding carboxylic acids is 2. The number of nitrogens with zero attached hydrogens (tertiary/aromatic N) is 2. The molecule has 1 spiro atoms. The van der Waals surface area contributed by atoms with Crippen LogP contribution in [-0.2, 0) is 19.1 Å². The molecule has 1 atom stereocenters. The van der Waals surface area contributed by atoms with E-state index < -0.39 is 0 Å². The molecule has 7 heteroatoms. The van der Waals surface area contributed by atoms with Crippen LogP contribution in [0.5, 0.6) is 0 Å². The van der Waals surface area contributed by atoms with E-state index >= 15 is 0 Å². The lowest BCUT2D eigenvalue weighted by molar-refractivity contribution is -0.202. The van der Waals surface area contributed by atoms with E-state index in [-0.39, 0.29) is 30.1 Å². The highest BCUT2D eigenvalue weighted by atomic mass is 16.5. The van der Waals surface area contributed by atoms with Gasteiger partial charge in [0.25, 0.3) is 0 Å². The average Bonchev–Trinajstić information content (AvgIpc) is 3.02. The molecular formula is C17H29N3O4. The molecule has 0 unspecified atom stereocenters. The zero-order valence-corrected chi connectivity index (χ0v) is 14.8. The van der Waals surface area contributed by atoms with E-state index in [1.165, 1.54) is 12.8 Å². The molecule has 2 heterocycles. The van der Waals surface area contributed by atoms with E-state index in [2.05, 4.69) is 10.2 Å². The van der Waals surface area contributed by atoms with Gasteiger partial charge in [0.1, 0.15) is 18.2 Å². The molecule has 2 amide bonds. The van der Waals surface area contributed by atoms with Crippen molar-refractivity contribution in [3.8, 4) is 0 Å². The van der Waals surface area contributed by atoms with Gasteiger partial charge in [-0.3, -0.25) is 14.5 Å². The van der Waals surface area contributed by atoms with Gasteiger partial charge in [-0.25, -0.2) is 0 Å². The van der Waals surface area contributed by atoms with Gasteiger partial charge in [-0.15, -0.1) is 0 Å². The summed E-state index contributed by atoms with van der Waals surface area (Å²) in [6.07, 6.45) is 4.58. The Labute approximate surface area is 143 Å². The Bertz CT molecular complexity index is 472. The number of likely N-dealkylation sites (N-methyl/N-ethyl adjacent to an activating group) is 1. The number of morpholine rings is 1. The van der Waals surface area contributed by atoms with Crippen LogP contribution >= 0.6 is 0 Å². The van der Waals surface area contributed by atoms with Gasteiger partial charge in [-0.2, -0.15) is 0 Å². The molecule has 0 radical (unpaired) electrons. The summed E-state index contributed by atoms with van der Waals surface area (Å²) >= 11 is 0. The second kappa shape index (κ2) is 7.37. The third-order valence-electron chi connectivity index (χ3n) is 5.36. The van der Waals surface area contributed by atoms with Gasteiger partial charge in [0, 0.05) is 19.2 Å². The summed E-state index contributed by atoms with van der Waals surface area (Å²) in [7, 11) is 1.97. The van der Waals surface area contributed by atoms with Crippen molar-refractivity contribution in [1.82, 2.24) is 15.1 Å². The van der Waals surface area contributed by atoms with Crippen molar-refractivity contribution in [1.29, 1.82) is 0 Å². The zero-order valence-electron chi connectivity index (χ0n) is 14.8. The lowest BCUT2D eigenvalue weighted by atomic mass is 9.90. The van der Waals surface area contributed by atoms with E-state index in [4.69, 9.17) is 9.47 Å². The van der Waals surface area contributed by atoms with Crippen LogP contribution in [0.2, 0.25) is 0 Å². The Balaban J connectivity index is 1.45. The number of nitrogens with one attached hydrogen (secondary N) is 1. The first-order chi connectivity index (χ1) is 11.5. The topological polar surface area (TPSA) is 71.1 Å². The van der Waals surface area contributed by atoms with Crippen LogP contribution in [-0.4, -0.2) is 85.8 Å². The number of ether oxygens (including phenoxy) is 2. The molecule has 0 aromatic rings. The first-order valence-electron chi connectivity index (χ1n) is 9.03. The Hall–Kier alpha value is -1.18. The summed E-state index contributed by atoms with van der Waals surface area (Å²) in [5.74, 6) is 0.0812. The smallest absolute Gasteiger partial charge is 0.248 e. The Morgan fingerprint density at radius 2 is 1.96 bits per heavy atom. The van der Waals surface area contributed by atoms with Gasteiger partial charge in [0.2, 0.25) is 11.8 Å². The fourth-order valence-corrected chi connectivity index (χ4v) is 3.93.